The van der Waals surface area contributed by atoms with Crippen LogP contribution in [0.2, 0.25) is 0 Å². The van der Waals surface area contributed by atoms with Crippen LogP contribution in [0.25, 0.3) is 10.2 Å². The normalized spacial score (nSPS) is 16.4. The van der Waals surface area contributed by atoms with Crippen LogP contribution in [0.5, 0.6) is 5.75 Å². The summed E-state index contributed by atoms with van der Waals surface area (Å²) in [6, 6.07) is 14.8. The first-order valence-corrected chi connectivity index (χ1v) is 12.3. The number of β-amino-alcohol motifs (C(OH)–C–C–N with tert-alkyl or cyclic N) is 1. The highest BCUT2D eigenvalue weighted by Crippen LogP contribution is 2.22. The number of hydrogen-bond acceptors (Lipinski definition) is 6. The molecular formula is C25H32FN3O2S. The second-order valence-electron chi connectivity index (χ2n) is 8.48. The fourth-order valence-corrected chi connectivity index (χ4v) is 5.14. The molecule has 0 amide bonds. The molecule has 1 unspecified atom stereocenters. The van der Waals surface area contributed by atoms with Gasteiger partial charge in [0.25, 0.3) is 0 Å². The largest absolute Gasteiger partial charge is 0.491 e. The number of thiazole rings is 1. The maximum atomic E-state index is 12.9. The van der Waals surface area contributed by atoms with Crippen molar-refractivity contribution in [3.63, 3.8) is 0 Å². The zero-order valence-electron chi connectivity index (χ0n) is 18.4. The molecule has 32 heavy (non-hydrogen) atoms. The fraction of sp³-hybridized carbons (Fsp3) is 0.480. The summed E-state index contributed by atoms with van der Waals surface area (Å²) >= 11 is 1.81. The molecule has 2 aromatic carbocycles. The van der Waals surface area contributed by atoms with Crippen molar-refractivity contribution in [2.75, 3.05) is 32.8 Å². The highest BCUT2D eigenvalue weighted by Gasteiger charge is 2.20. The molecule has 1 fully saturated rings. The molecule has 0 radical (unpaired) electrons. The topological polar surface area (TPSA) is 57.6 Å². The van der Waals surface area contributed by atoms with Gasteiger partial charge in [0.2, 0.25) is 0 Å². The number of aliphatic hydroxyl groups excluding tert-OH is 1. The number of nitrogens with zero attached hydrogens (tertiary/aromatic N) is 2. The van der Waals surface area contributed by atoms with Gasteiger partial charge in [0.05, 0.1) is 15.2 Å². The number of hydrogen-bond donors (Lipinski definition) is 2. The van der Waals surface area contributed by atoms with Crippen LogP contribution in [-0.2, 0) is 6.42 Å². The van der Waals surface area contributed by atoms with Crippen molar-refractivity contribution in [1.82, 2.24) is 15.2 Å². The van der Waals surface area contributed by atoms with Crippen LogP contribution in [0.4, 0.5) is 4.39 Å². The summed E-state index contributed by atoms with van der Waals surface area (Å²) in [5.41, 5.74) is 1.12. The molecule has 0 aliphatic carbocycles. The standard InChI is InChI=1S/C25H32FN3O2S/c26-19-8-10-22(11-9-19)31-18-21(30)17-29-15-12-20(13-16-29)27-14-4-3-7-25-28-23-5-1-2-6-24(23)32-25/h1-2,5-6,8-11,20-21,27,30H,3-4,7,12-18H2. The van der Waals surface area contributed by atoms with Crippen LogP contribution in [0.3, 0.4) is 0 Å². The van der Waals surface area contributed by atoms with Crippen molar-refractivity contribution >= 4 is 21.6 Å². The molecule has 2 N–H and O–H groups in total. The number of rotatable bonds is 11. The summed E-state index contributed by atoms with van der Waals surface area (Å²) < 4.78 is 19.8. The highest BCUT2D eigenvalue weighted by molar-refractivity contribution is 7.18. The van der Waals surface area contributed by atoms with Gasteiger partial charge in [0.1, 0.15) is 24.3 Å². The first-order chi connectivity index (χ1) is 15.7. The minimum atomic E-state index is -0.549. The minimum Gasteiger partial charge on any atom is -0.491 e. The van der Waals surface area contributed by atoms with Gasteiger partial charge in [-0.15, -0.1) is 11.3 Å². The number of nitrogens with one attached hydrogen (secondary N) is 1. The summed E-state index contributed by atoms with van der Waals surface area (Å²) in [7, 11) is 0. The number of aromatic nitrogens is 1. The molecule has 5 nitrogen and oxygen atoms in total. The molecule has 7 heteroatoms. The molecule has 0 saturated carbocycles. The molecule has 4 rings (SSSR count). The van der Waals surface area contributed by atoms with Gasteiger partial charge in [-0.3, -0.25) is 0 Å². The van der Waals surface area contributed by atoms with Crippen LogP contribution < -0.4 is 10.1 Å². The monoisotopic (exact) mass is 457 g/mol. The number of fused-ring (bicyclic) bond motifs is 1. The molecule has 1 aromatic heterocycles. The zero-order valence-corrected chi connectivity index (χ0v) is 19.2. The SMILES string of the molecule is OC(COc1ccc(F)cc1)CN1CCC(NCCCCc2nc3ccccc3s2)CC1. The van der Waals surface area contributed by atoms with Crippen molar-refractivity contribution in [2.45, 2.75) is 44.2 Å². The number of para-hydroxylation sites is 1. The predicted octanol–water partition coefficient (Wildman–Crippen LogP) is 4.25. The van der Waals surface area contributed by atoms with E-state index in [2.05, 4.69) is 28.4 Å². The van der Waals surface area contributed by atoms with E-state index < -0.39 is 6.10 Å². The molecule has 0 bridgehead atoms. The van der Waals surface area contributed by atoms with E-state index in [0.29, 0.717) is 18.3 Å². The van der Waals surface area contributed by atoms with Gasteiger partial charge in [-0.05, 0) is 88.1 Å². The maximum Gasteiger partial charge on any atom is 0.123 e. The van der Waals surface area contributed by atoms with E-state index in [1.165, 1.54) is 21.8 Å². The molecule has 172 valence electrons. The third kappa shape index (κ3) is 6.97. The third-order valence-corrected chi connectivity index (χ3v) is 7.00. The number of piperidine rings is 1. The van der Waals surface area contributed by atoms with Gasteiger partial charge < -0.3 is 20.1 Å². The molecule has 1 saturated heterocycles. The highest BCUT2D eigenvalue weighted by atomic mass is 32.1. The molecule has 1 aliphatic heterocycles. The molecule has 1 aliphatic rings. The zero-order chi connectivity index (χ0) is 22.2. The Kier molecular flexibility index (Phi) is 8.45. The molecular weight excluding hydrogens is 425 g/mol. The number of aliphatic hydroxyl groups is 1. The lowest BCUT2D eigenvalue weighted by Crippen LogP contribution is -2.45. The van der Waals surface area contributed by atoms with Crippen molar-refractivity contribution in [3.05, 3.63) is 59.4 Å². The van der Waals surface area contributed by atoms with Crippen LogP contribution >= 0.6 is 11.3 Å². The third-order valence-electron chi connectivity index (χ3n) is 5.90. The lowest BCUT2D eigenvalue weighted by Gasteiger charge is -2.33. The second kappa shape index (κ2) is 11.7. The number of benzene rings is 2. The van der Waals surface area contributed by atoms with E-state index in [1.54, 1.807) is 12.1 Å². The number of likely N-dealkylation sites (tertiary alicyclic amines) is 1. The first-order valence-electron chi connectivity index (χ1n) is 11.5. The van der Waals surface area contributed by atoms with E-state index >= 15 is 0 Å². The number of unbranched alkanes of at least 4 members (excludes halogenated alkanes) is 1. The second-order valence-corrected chi connectivity index (χ2v) is 9.60. The van der Waals surface area contributed by atoms with Crippen molar-refractivity contribution in [1.29, 1.82) is 0 Å². The Morgan fingerprint density at radius 2 is 1.91 bits per heavy atom. The Bertz CT molecular complexity index is 924. The quantitative estimate of drug-likeness (QED) is 0.422. The van der Waals surface area contributed by atoms with Crippen LogP contribution in [-0.4, -0.2) is 59.9 Å². The smallest absolute Gasteiger partial charge is 0.123 e. The summed E-state index contributed by atoms with van der Waals surface area (Å²) in [6.07, 6.45) is 5.03. The van der Waals surface area contributed by atoms with E-state index in [9.17, 15) is 9.50 Å². The number of halogens is 1. The minimum absolute atomic E-state index is 0.221. The van der Waals surface area contributed by atoms with E-state index in [1.807, 2.05) is 17.4 Å². The van der Waals surface area contributed by atoms with Crippen LogP contribution in [0.1, 0.15) is 30.7 Å². The Balaban J connectivity index is 1.06. The van der Waals surface area contributed by atoms with Crippen molar-refractivity contribution < 1.29 is 14.2 Å². The van der Waals surface area contributed by atoms with Crippen molar-refractivity contribution in [2.24, 2.45) is 0 Å². The lowest BCUT2D eigenvalue weighted by atomic mass is 10.0. The van der Waals surface area contributed by atoms with Gasteiger partial charge in [0, 0.05) is 12.6 Å². The Morgan fingerprint density at radius 1 is 1.12 bits per heavy atom. The summed E-state index contributed by atoms with van der Waals surface area (Å²) in [4.78, 5) is 7.01. The average molecular weight is 458 g/mol. The van der Waals surface area contributed by atoms with Crippen LogP contribution in [0, 0.1) is 5.82 Å². The fourth-order valence-electron chi connectivity index (χ4n) is 4.13. The van der Waals surface area contributed by atoms with Gasteiger partial charge in [-0.25, -0.2) is 9.37 Å². The predicted molar refractivity (Wildman–Crippen MR) is 128 cm³/mol. The molecule has 3 aromatic rings. The summed E-state index contributed by atoms with van der Waals surface area (Å²) in [6.45, 7) is 3.84. The summed E-state index contributed by atoms with van der Waals surface area (Å²) in [5, 5.41) is 15.2. The average Bonchev–Trinajstić information content (AvgIpc) is 3.22. The Labute approximate surface area is 193 Å². The van der Waals surface area contributed by atoms with Gasteiger partial charge >= 0.3 is 0 Å². The van der Waals surface area contributed by atoms with Gasteiger partial charge in [-0.2, -0.15) is 0 Å². The van der Waals surface area contributed by atoms with Crippen LogP contribution in [0.15, 0.2) is 48.5 Å². The summed E-state index contributed by atoms with van der Waals surface area (Å²) in [5.74, 6) is 0.291. The van der Waals surface area contributed by atoms with Crippen molar-refractivity contribution in [3.8, 4) is 5.75 Å². The van der Waals surface area contributed by atoms with E-state index in [-0.39, 0.29) is 12.4 Å². The Hall–Kier alpha value is -2.06. The van der Waals surface area contributed by atoms with Gasteiger partial charge in [-0.1, -0.05) is 12.1 Å². The van der Waals surface area contributed by atoms with E-state index in [0.717, 1.165) is 57.3 Å². The molecule has 0 spiro atoms. The molecule has 2 heterocycles. The molecule has 1 atom stereocenters. The maximum absolute atomic E-state index is 12.9. The number of ether oxygens (including phenoxy) is 1. The van der Waals surface area contributed by atoms with Gasteiger partial charge in [0.15, 0.2) is 0 Å². The van der Waals surface area contributed by atoms with E-state index in [4.69, 9.17) is 9.72 Å². The first kappa shape index (κ1) is 23.1. The number of aryl methyl sites for hydroxylation is 1. The Morgan fingerprint density at radius 3 is 2.69 bits per heavy atom. The lowest BCUT2D eigenvalue weighted by molar-refractivity contribution is 0.0579.